The van der Waals surface area contributed by atoms with Crippen molar-refractivity contribution in [2.24, 2.45) is 0 Å². The first-order chi connectivity index (χ1) is 7.34. The standard InChI is InChI=1S/C8H9NO7/c1-3(10)15-5-6(16-4(2)11)8(13)9(14)7(5)12/h12-14H,1-2H3. The third-order valence-corrected chi connectivity index (χ3v) is 1.51. The molecular formula is C8H9NO7. The lowest BCUT2D eigenvalue weighted by molar-refractivity contribution is -0.134. The van der Waals surface area contributed by atoms with Crippen molar-refractivity contribution in [2.45, 2.75) is 13.8 Å². The second-order valence-corrected chi connectivity index (χ2v) is 2.80. The fraction of sp³-hybridized carbons (Fsp3) is 0.250. The molecule has 88 valence electrons. The van der Waals surface area contributed by atoms with Crippen molar-refractivity contribution < 1.29 is 34.5 Å². The van der Waals surface area contributed by atoms with Gasteiger partial charge in [0.15, 0.2) is 0 Å². The quantitative estimate of drug-likeness (QED) is 0.483. The van der Waals surface area contributed by atoms with Crippen LogP contribution in [0.1, 0.15) is 13.8 Å². The number of ether oxygens (including phenoxy) is 2. The van der Waals surface area contributed by atoms with E-state index in [2.05, 4.69) is 9.47 Å². The van der Waals surface area contributed by atoms with Gasteiger partial charge < -0.3 is 24.9 Å². The van der Waals surface area contributed by atoms with Gasteiger partial charge in [-0.15, -0.1) is 4.73 Å². The predicted octanol–water partition coefficient (Wildman–Crippen LogP) is -0.0128. The lowest BCUT2D eigenvalue weighted by atomic mass is 10.5. The van der Waals surface area contributed by atoms with Crippen molar-refractivity contribution in [1.29, 1.82) is 0 Å². The molecule has 0 radical (unpaired) electrons. The fourth-order valence-electron chi connectivity index (χ4n) is 0.967. The van der Waals surface area contributed by atoms with Gasteiger partial charge in [-0.25, -0.2) is 0 Å². The average Bonchev–Trinajstić information content (AvgIpc) is 2.34. The first kappa shape index (κ1) is 11.7. The molecule has 0 aliphatic heterocycles. The Morgan fingerprint density at radius 2 is 1.31 bits per heavy atom. The van der Waals surface area contributed by atoms with Gasteiger partial charge in [0.25, 0.3) is 11.8 Å². The SMILES string of the molecule is CC(=O)Oc1c(OC(C)=O)c(O)n(O)c1O. The number of carbonyl (C=O) groups excluding carboxylic acids is 2. The first-order valence-corrected chi connectivity index (χ1v) is 4.07. The van der Waals surface area contributed by atoms with Crippen LogP contribution in [0.4, 0.5) is 0 Å². The Kier molecular flexibility index (Phi) is 2.93. The molecule has 8 nitrogen and oxygen atoms in total. The molecule has 0 atom stereocenters. The summed E-state index contributed by atoms with van der Waals surface area (Å²) in [5, 5.41) is 27.6. The topological polar surface area (TPSA) is 118 Å². The molecule has 0 aliphatic carbocycles. The molecule has 0 aliphatic rings. The van der Waals surface area contributed by atoms with Crippen molar-refractivity contribution in [3.63, 3.8) is 0 Å². The highest BCUT2D eigenvalue weighted by atomic mass is 16.6. The summed E-state index contributed by atoms with van der Waals surface area (Å²) in [5.41, 5.74) is 0. The van der Waals surface area contributed by atoms with Crippen LogP contribution in [0.5, 0.6) is 23.3 Å². The van der Waals surface area contributed by atoms with E-state index in [4.69, 9.17) is 5.21 Å². The zero-order valence-electron chi connectivity index (χ0n) is 8.42. The van der Waals surface area contributed by atoms with Crippen LogP contribution >= 0.6 is 0 Å². The molecule has 0 fully saturated rings. The monoisotopic (exact) mass is 231 g/mol. The first-order valence-electron chi connectivity index (χ1n) is 4.07. The Balaban J connectivity index is 3.26. The molecule has 1 heterocycles. The van der Waals surface area contributed by atoms with Gasteiger partial charge in [-0.2, -0.15) is 0 Å². The molecule has 8 heteroatoms. The van der Waals surface area contributed by atoms with E-state index in [1.165, 1.54) is 0 Å². The molecule has 0 unspecified atom stereocenters. The van der Waals surface area contributed by atoms with Crippen molar-refractivity contribution in [3.05, 3.63) is 0 Å². The maximum atomic E-state index is 10.7. The highest BCUT2D eigenvalue weighted by molar-refractivity contribution is 5.76. The van der Waals surface area contributed by atoms with Gasteiger partial charge in [-0.3, -0.25) is 9.59 Å². The Hall–Kier alpha value is -2.38. The Morgan fingerprint density at radius 1 is 1.00 bits per heavy atom. The van der Waals surface area contributed by atoms with E-state index in [1.807, 2.05) is 0 Å². The second kappa shape index (κ2) is 4.01. The van der Waals surface area contributed by atoms with E-state index in [-0.39, 0.29) is 4.73 Å². The van der Waals surface area contributed by atoms with Crippen LogP contribution in [-0.2, 0) is 9.59 Å². The van der Waals surface area contributed by atoms with Crippen LogP contribution in [0.25, 0.3) is 0 Å². The van der Waals surface area contributed by atoms with E-state index in [1.54, 1.807) is 0 Å². The minimum absolute atomic E-state index is 0.0868. The molecule has 1 rings (SSSR count). The smallest absolute Gasteiger partial charge is 0.308 e. The van der Waals surface area contributed by atoms with Gasteiger partial charge in [0.05, 0.1) is 0 Å². The van der Waals surface area contributed by atoms with Crippen molar-refractivity contribution >= 4 is 11.9 Å². The lowest BCUT2D eigenvalue weighted by Crippen LogP contribution is -2.05. The van der Waals surface area contributed by atoms with Gasteiger partial charge in [-0.05, 0) is 0 Å². The number of hydrogen-bond donors (Lipinski definition) is 3. The zero-order valence-corrected chi connectivity index (χ0v) is 8.42. The maximum Gasteiger partial charge on any atom is 0.308 e. The number of carbonyl (C=O) groups is 2. The van der Waals surface area contributed by atoms with Crippen LogP contribution in [0.2, 0.25) is 0 Å². The number of esters is 2. The van der Waals surface area contributed by atoms with Crippen molar-refractivity contribution in [3.8, 4) is 23.3 Å². The fourth-order valence-corrected chi connectivity index (χ4v) is 0.967. The van der Waals surface area contributed by atoms with Crippen LogP contribution in [0, 0.1) is 0 Å². The maximum absolute atomic E-state index is 10.7. The van der Waals surface area contributed by atoms with Gasteiger partial charge in [0.1, 0.15) is 0 Å². The Bertz CT molecular complexity index is 408. The molecule has 16 heavy (non-hydrogen) atoms. The van der Waals surface area contributed by atoms with Crippen LogP contribution < -0.4 is 9.47 Å². The summed E-state index contributed by atoms with van der Waals surface area (Å²) in [6.07, 6.45) is 0. The van der Waals surface area contributed by atoms with Gasteiger partial charge in [-0.1, -0.05) is 0 Å². The molecule has 0 saturated heterocycles. The van der Waals surface area contributed by atoms with Crippen LogP contribution in [0.15, 0.2) is 0 Å². The van der Waals surface area contributed by atoms with E-state index in [9.17, 15) is 19.8 Å². The number of hydrogen-bond acceptors (Lipinski definition) is 7. The summed E-state index contributed by atoms with van der Waals surface area (Å²) in [4.78, 5) is 21.4. The Morgan fingerprint density at radius 3 is 1.56 bits per heavy atom. The van der Waals surface area contributed by atoms with Gasteiger partial charge >= 0.3 is 11.9 Å². The van der Waals surface area contributed by atoms with Crippen LogP contribution in [0.3, 0.4) is 0 Å². The highest BCUT2D eigenvalue weighted by Gasteiger charge is 2.28. The zero-order chi connectivity index (χ0) is 12.5. The van der Waals surface area contributed by atoms with Gasteiger partial charge in [0.2, 0.25) is 11.5 Å². The summed E-state index contributed by atoms with van der Waals surface area (Å²) in [6.45, 7) is 2.06. The van der Waals surface area contributed by atoms with E-state index < -0.39 is 35.2 Å². The molecule has 0 aromatic carbocycles. The van der Waals surface area contributed by atoms with E-state index in [0.29, 0.717) is 0 Å². The minimum atomic E-state index is -0.955. The summed E-state index contributed by atoms with van der Waals surface area (Å²) in [5.74, 6) is -4.83. The minimum Gasteiger partial charge on any atom is -0.490 e. The molecule has 0 spiro atoms. The van der Waals surface area contributed by atoms with E-state index in [0.717, 1.165) is 13.8 Å². The molecule has 0 saturated carbocycles. The molecule has 0 amide bonds. The molecule has 0 bridgehead atoms. The average molecular weight is 231 g/mol. The molecule has 3 N–H and O–H groups in total. The Labute approximate surface area is 89.2 Å². The van der Waals surface area contributed by atoms with Crippen LogP contribution in [-0.4, -0.2) is 32.1 Å². The molecule has 1 aromatic rings. The third kappa shape index (κ3) is 2.00. The normalized spacial score (nSPS) is 9.88. The highest BCUT2D eigenvalue weighted by Crippen LogP contribution is 2.46. The third-order valence-electron chi connectivity index (χ3n) is 1.51. The number of rotatable bonds is 2. The van der Waals surface area contributed by atoms with Crippen molar-refractivity contribution in [2.75, 3.05) is 0 Å². The predicted molar refractivity (Wildman–Crippen MR) is 47.6 cm³/mol. The van der Waals surface area contributed by atoms with Crippen molar-refractivity contribution in [1.82, 2.24) is 4.73 Å². The summed E-state index contributed by atoms with van der Waals surface area (Å²) in [7, 11) is 0. The number of aromatic nitrogens is 1. The van der Waals surface area contributed by atoms with Gasteiger partial charge in [0, 0.05) is 13.8 Å². The van der Waals surface area contributed by atoms with E-state index >= 15 is 0 Å². The summed E-state index contributed by atoms with van der Waals surface area (Å²) < 4.78 is 8.86. The number of nitrogens with zero attached hydrogens (tertiary/aromatic N) is 1. The number of aromatic hydroxyl groups is 2. The summed E-state index contributed by atoms with van der Waals surface area (Å²) in [6, 6.07) is 0. The lowest BCUT2D eigenvalue weighted by Gasteiger charge is -2.02. The molecule has 1 aromatic heterocycles. The second-order valence-electron chi connectivity index (χ2n) is 2.80. The summed E-state index contributed by atoms with van der Waals surface area (Å²) >= 11 is 0. The molecular weight excluding hydrogens is 222 g/mol. The largest absolute Gasteiger partial charge is 0.490 e.